The largest absolute Gasteiger partial charge is 0.382 e. The van der Waals surface area contributed by atoms with Crippen molar-refractivity contribution >= 4 is 28.2 Å². The van der Waals surface area contributed by atoms with Gasteiger partial charge in [-0.3, -0.25) is 9.48 Å². The number of anilines is 2. The van der Waals surface area contributed by atoms with Crippen LogP contribution in [-0.4, -0.2) is 33.3 Å². The number of hydrogen-bond acceptors (Lipinski definition) is 6. The Bertz CT molecular complexity index is 604. The number of thiazole rings is 1. The first-order chi connectivity index (χ1) is 10.2. The molecule has 2 aromatic rings. The van der Waals surface area contributed by atoms with Crippen LogP contribution in [0, 0.1) is 0 Å². The lowest BCUT2D eigenvalue weighted by atomic mass is 10.4. The van der Waals surface area contributed by atoms with Crippen LogP contribution in [0.1, 0.15) is 28.9 Å². The lowest BCUT2D eigenvalue weighted by Crippen LogP contribution is -2.25. The second kappa shape index (κ2) is 6.13. The highest BCUT2D eigenvalue weighted by molar-refractivity contribution is 7.18. The van der Waals surface area contributed by atoms with Gasteiger partial charge in [0.15, 0.2) is 5.13 Å². The van der Waals surface area contributed by atoms with Crippen molar-refractivity contribution in [3.8, 4) is 0 Å². The molecule has 0 bridgehead atoms. The normalized spacial score (nSPS) is 14.1. The van der Waals surface area contributed by atoms with Crippen molar-refractivity contribution < 1.29 is 4.79 Å². The summed E-state index contributed by atoms with van der Waals surface area (Å²) in [6, 6.07) is 2.38. The summed E-state index contributed by atoms with van der Waals surface area (Å²) in [6.45, 7) is 1.36. The third kappa shape index (κ3) is 3.72. The number of nitrogen functional groups attached to an aromatic ring is 1. The molecule has 1 saturated carbocycles. The molecule has 1 aliphatic carbocycles. The summed E-state index contributed by atoms with van der Waals surface area (Å²) >= 11 is 1.31. The molecule has 0 unspecified atom stereocenters. The standard InChI is InChI=1S/C13H18N6OS/c14-11-10(21-13(18-11)17-9-3-4-9)12(20)15-5-1-7-19-8-2-6-16-19/h2,6,8-9H,1,3-5,7,14H2,(H,15,20)(H,17,18). The number of hydrogen-bond donors (Lipinski definition) is 3. The zero-order valence-electron chi connectivity index (χ0n) is 11.6. The Hall–Kier alpha value is -2.09. The summed E-state index contributed by atoms with van der Waals surface area (Å²) < 4.78 is 1.84. The average molecular weight is 306 g/mol. The van der Waals surface area contributed by atoms with E-state index >= 15 is 0 Å². The van der Waals surface area contributed by atoms with Gasteiger partial charge in [-0.05, 0) is 25.3 Å². The number of nitrogens with two attached hydrogens (primary N) is 1. The summed E-state index contributed by atoms with van der Waals surface area (Å²) in [4.78, 5) is 16.7. The van der Waals surface area contributed by atoms with Gasteiger partial charge in [-0.1, -0.05) is 11.3 Å². The number of aromatic nitrogens is 3. The Morgan fingerprint density at radius 2 is 2.38 bits per heavy atom. The molecule has 0 aromatic carbocycles. The predicted octanol–water partition coefficient (Wildman–Crippen LogP) is 1.32. The van der Waals surface area contributed by atoms with Gasteiger partial charge in [-0.2, -0.15) is 5.10 Å². The highest BCUT2D eigenvalue weighted by Gasteiger charge is 2.24. The molecule has 8 heteroatoms. The number of carbonyl (C=O) groups excluding carboxylic acids is 1. The van der Waals surface area contributed by atoms with E-state index in [0.29, 0.717) is 23.3 Å². The minimum atomic E-state index is -0.158. The summed E-state index contributed by atoms with van der Waals surface area (Å²) in [5.41, 5.74) is 5.80. The molecule has 0 saturated heterocycles. The summed E-state index contributed by atoms with van der Waals surface area (Å²) in [6.07, 6.45) is 6.78. The van der Waals surface area contributed by atoms with Crippen LogP contribution >= 0.6 is 11.3 Å². The van der Waals surface area contributed by atoms with Crippen LogP contribution in [-0.2, 0) is 6.54 Å². The van der Waals surface area contributed by atoms with Crippen LogP contribution in [0.15, 0.2) is 18.5 Å². The van der Waals surface area contributed by atoms with Gasteiger partial charge >= 0.3 is 0 Å². The van der Waals surface area contributed by atoms with Gasteiger partial charge in [0, 0.05) is 31.5 Å². The summed E-state index contributed by atoms with van der Waals surface area (Å²) in [5.74, 6) is 0.141. The number of aryl methyl sites for hydroxylation is 1. The topological polar surface area (TPSA) is 97.9 Å². The fourth-order valence-electron chi connectivity index (χ4n) is 1.91. The van der Waals surface area contributed by atoms with Crippen molar-refractivity contribution in [2.24, 2.45) is 0 Å². The number of amides is 1. The minimum absolute atomic E-state index is 0.158. The molecular formula is C13H18N6OS. The number of rotatable bonds is 7. The first-order valence-electron chi connectivity index (χ1n) is 7.01. The molecule has 2 heterocycles. The SMILES string of the molecule is Nc1nc(NC2CC2)sc1C(=O)NCCCn1cccn1. The van der Waals surface area contributed by atoms with Crippen LogP contribution in [0.3, 0.4) is 0 Å². The van der Waals surface area contributed by atoms with Crippen LogP contribution in [0.25, 0.3) is 0 Å². The van der Waals surface area contributed by atoms with Gasteiger partial charge in [0.1, 0.15) is 10.7 Å². The van der Waals surface area contributed by atoms with E-state index < -0.39 is 0 Å². The first kappa shape index (κ1) is 13.9. The summed E-state index contributed by atoms with van der Waals surface area (Å²) in [7, 11) is 0. The van der Waals surface area contributed by atoms with Crippen molar-refractivity contribution in [3.05, 3.63) is 23.3 Å². The number of nitrogens with one attached hydrogen (secondary N) is 2. The lowest BCUT2D eigenvalue weighted by molar-refractivity contribution is 0.0957. The monoisotopic (exact) mass is 306 g/mol. The molecule has 2 aromatic heterocycles. The van der Waals surface area contributed by atoms with Crippen LogP contribution in [0.2, 0.25) is 0 Å². The zero-order chi connectivity index (χ0) is 14.7. The second-order valence-corrected chi connectivity index (χ2v) is 6.03. The fourth-order valence-corrected chi connectivity index (χ4v) is 2.79. The predicted molar refractivity (Wildman–Crippen MR) is 82.3 cm³/mol. The van der Waals surface area contributed by atoms with E-state index in [2.05, 4.69) is 20.7 Å². The molecule has 4 N–H and O–H groups in total. The Balaban J connectivity index is 1.46. The molecule has 112 valence electrons. The van der Waals surface area contributed by atoms with Crippen molar-refractivity contribution in [2.45, 2.75) is 31.8 Å². The first-order valence-corrected chi connectivity index (χ1v) is 7.82. The van der Waals surface area contributed by atoms with Gasteiger partial charge in [0.2, 0.25) is 0 Å². The molecular weight excluding hydrogens is 288 g/mol. The van der Waals surface area contributed by atoms with E-state index in [9.17, 15) is 4.79 Å². The molecule has 0 spiro atoms. The van der Waals surface area contributed by atoms with Crippen molar-refractivity contribution in [1.29, 1.82) is 0 Å². The fraction of sp³-hybridized carbons (Fsp3) is 0.462. The van der Waals surface area contributed by atoms with Crippen molar-refractivity contribution in [3.63, 3.8) is 0 Å². The highest BCUT2D eigenvalue weighted by atomic mass is 32.1. The maximum atomic E-state index is 12.1. The third-order valence-electron chi connectivity index (χ3n) is 3.17. The molecule has 1 aliphatic rings. The second-order valence-electron chi connectivity index (χ2n) is 5.03. The number of carbonyl (C=O) groups is 1. The van der Waals surface area contributed by atoms with Gasteiger partial charge in [-0.25, -0.2) is 4.98 Å². The van der Waals surface area contributed by atoms with Crippen molar-refractivity contribution in [2.75, 3.05) is 17.6 Å². The summed E-state index contributed by atoms with van der Waals surface area (Å²) in [5, 5.41) is 11.0. The quantitative estimate of drug-likeness (QED) is 0.670. The van der Waals surface area contributed by atoms with Gasteiger partial charge < -0.3 is 16.4 Å². The highest BCUT2D eigenvalue weighted by Crippen LogP contribution is 2.30. The van der Waals surface area contributed by atoms with Gasteiger partial charge in [0.05, 0.1) is 0 Å². The molecule has 1 amide bonds. The maximum absolute atomic E-state index is 12.1. The third-order valence-corrected chi connectivity index (χ3v) is 4.17. The molecule has 21 heavy (non-hydrogen) atoms. The van der Waals surface area contributed by atoms with Crippen molar-refractivity contribution in [1.82, 2.24) is 20.1 Å². The molecule has 1 fully saturated rings. The Morgan fingerprint density at radius 3 is 3.10 bits per heavy atom. The lowest BCUT2D eigenvalue weighted by Gasteiger charge is -2.04. The molecule has 0 atom stereocenters. The maximum Gasteiger partial charge on any atom is 0.265 e. The van der Waals surface area contributed by atoms with Crippen LogP contribution in [0.4, 0.5) is 10.9 Å². The van der Waals surface area contributed by atoms with E-state index in [0.717, 1.165) is 30.9 Å². The smallest absolute Gasteiger partial charge is 0.265 e. The average Bonchev–Trinajstić information content (AvgIpc) is 2.98. The van der Waals surface area contributed by atoms with E-state index in [1.165, 1.54) is 11.3 Å². The van der Waals surface area contributed by atoms with Gasteiger partial charge in [-0.15, -0.1) is 0 Å². The van der Waals surface area contributed by atoms with Crippen LogP contribution in [0.5, 0.6) is 0 Å². The zero-order valence-corrected chi connectivity index (χ0v) is 12.4. The van der Waals surface area contributed by atoms with E-state index in [4.69, 9.17) is 5.73 Å². The minimum Gasteiger partial charge on any atom is -0.382 e. The van der Waals surface area contributed by atoms with E-state index in [1.807, 2.05) is 16.9 Å². The Morgan fingerprint density at radius 1 is 1.52 bits per heavy atom. The molecule has 0 aliphatic heterocycles. The number of nitrogens with zero attached hydrogens (tertiary/aromatic N) is 3. The Labute approximate surface area is 126 Å². The molecule has 3 rings (SSSR count). The van der Waals surface area contributed by atoms with Crippen LogP contribution < -0.4 is 16.4 Å². The molecule has 0 radical (unpaired) electrons. The van der Waals surface area contributed by atoms with E-state index in [-0.39, 0.29) is 5.91 Å². The van der Waals surface area contributed by atoms with E-state index in [1.54, 1.807) is 6.20 Å². The van der Waals surface area contributed by atoms with Gasteiger partial charge in [0.25, 0.3) is 5.91 Å². The Kier molecular flexibility index (Phi) is 4.05. The molecule has 7 nitrogen and oxygen atoms in total.